The minimum absolute atomic E-state index is 0.428. The molecular weight excluding hydrogens is 272 g/mol. The molecule has 16 heavy (non-hydrogen) atoms. The third-order valence-electron chi connectivity index (χ3n) is 1.89. The van der Waals surface area contributed by atoms with Crippen LogP contribution in [0.3, 0.4) is 0 Å². The van der Waals surface area contributed by atoms with E-state index in [1.54, 1.807) is 12.3 Å². The smallest absolute Gasteiger partial charge is 0.415 e. The van der Waals surface area contributed by atoms with Crippen molar-refractivity contribution in [2.45, 2.75) is 32.5 Å². The lowest BCUT2D eigenvalue weighted by Gasteiger charge is -2.30. The summed E-state index contributed by atoms with van der Waals surface area (Å²) in [6.07, 6.45) is 4.47. The summed E-state index contributed by atoms with van der Waals surface area (Å²) in [7, 11) is 0. The fourth-order valence-corrected chi connectivity index (χ4v) is 1.52. The molecule has 0 saturated carbocycles. The highest BCUT2D eigenvalue weighted by atomic mass is 79.9. The SMILES string of the molecule is CC(C)(C)OC(=O)N1C=C(CBr)C=CC1N. The molecule has 0 aromatic heterocycles. The molecule has 1 rings (SSSR count). The third kappa shape index (κ3) is 3.64. The number of nitrogens with two attached hydrogens (primary N) is 1. The number of amides is 1. The van der Waals surface area contributed by atoms with Gasteiger partial charge in [-0.05, 0) is 32.4 Å². The first-order valence-corrected chi connectivity index (χ1v) is 6.17. The molecule has 4 nitrogen and oxygen atoms in total. The van der Waals surface area contributed by atoms with Crippen LogP contribution in [0.2, 0.25) is 0 Å². The van der Waals surface area contributed by atoms with E-state index in [1.807, 2.05) is 26.8 Å². The second kappa shape index (κ2) is 5.01. The Hall–Kier alpha value is -0.810. The number of hydrogen-bond acceptors (Lipinski definition) is 3. The van der Waals surface area contributed by atoms with Crippen LogP contribution in [0.5, 0.6) is 0 Å². The van der Waals surface area contributed by atoms with E-state index in [2.05, 4.69) is 15.9 Å². The maximum absolute atomic E-state index is 11.8. The van der Waals surface area contributed by atoms with Crippen molar-refractivity contribution < 1.29 is 9.53 Å². The van der Waals surface area contributed by atoms with Gasteiger partial charge in [0.05, 0.1) is 0 Å². The van der Waals surface area contributed by atoms with E-state index < -0.39 is 17.9 Å². The Bertz CT molecular complexity index is 331. The van der Waals surface area contributed by atoms with Crippen LogP contribution in [-0.4, -0.2) is 28.1 Å². The van der Waals surface area contributed by atoms with Gasteiger partial charge in [0.2, 0.25) is 0 Å². The molecule has 1 unspecified atom stereocenters. The Morgan fingerprint density at radius 1 is 1.62 bits per heavy atom. The molecule has 0 fully saturated rings. The van der Waals surface area contributed by atoms with Gasteiger partial charge in [0.15, 0.2) is 0 Å². The number of nitrogens with zero attached hydrogens (tertiary/aromatic N) is 1. The molecule has 2 N–H and O–H groups in total. The standard InChI is InChI=1S/C11H17BrN2O2/c1-11(2,3)16-10(15)14-7-8(6-12)4-5-9(14)13/h4-5,7,9H,6,13H2,1-3H3. The average molecular weight is 289 g/mol. The van der Waals surface area contributed by atoms with Crippen molar-refractivity contribution in [3.05, 3.63) is 23.9 Å². The van der Waals surface area contributed by atoms with Crippen molar-refractivity contribution in [3.8, 4) is 0 Å². The van der Waals surface area contributed by atoms with E-state index in [4.69, 9.17) is 10.5 Å². The predicted molar refractivity (Wildman–Crippen MR) is 67.1 cm³/mol. The van der Waals surface area contributed by atoms with Crippen LogP contribution >= 0.6 is 15.9 Å². The van der Waals surface area contributed by atoms with Gasteiger partial charge in [-0.15, -0.1) is 0 Å². The molecule has 0 spiro atoms. The number of ether oxygens (including phenoxy) is 1. The van der Waals surface area contributed by atoms with Crippen molar-refractivity contribution >= 4 is 22.0 Å². The summed E-state index contributed by atoms with van der Waals surface area (Å²) < 4.78 is 5.25. The fraction of sp³-hybridized carbons (Fsp3) is 0.545. The van der Waals surface area contributed by atoms with E-state index in [0.717, 1.165) is 5.57 Å². The molecule has 90 valence electrons. The highest BCUT2D eigenvalue weighted by Gasteiger charge is 2.25. The molecular formula is C11H17BrN2O2. The zero-order valence-corrected chi connectivity index (χ0v) is 11.3. The van der Waals surface area contributed by atoms with Crippen molar-refractivity contribution in [3.63, 3.8) is 0 Å². The summed E-state index contributed by atoms with van der Waals surface area (Å²) in [5.74, 6) is 0. The predicted octanol–water partition coefficient (Wildman–Crippen LogP) is 2.36. The van der Waals surface area contributed by atoms with Crippen LogP contribution in [0.25, 0.3) is 0 Å². The molecule has 1 aliphatic rings. The minimum atomic E-state index is -0.514. The topological polar surface area (TPSA) is 55.6 Å². The Labute approximate surface area is 104 Å². The summed E-state index contributed by atoms with van der Waals surface area (Å²) >= 11 is 3.33. The van der Waals surface area contributed by atoms with Gasteiger partial charge in [0.1, 0.15) is 11.8 Å². The Balaban J connectivity index is 2.76. The Kier molecular flexibility index (Phi) is 4.15. The molecule has 0 bridgehead atoms. The first kappa shape index (κ1) is 13.3. The lowest BCUT2D eigenvalue weighted by Crippen LogP contribution is -2.45. The van der Waals surface area contributed by atoms with Gasteiger partial charge in [-0.3, -0.25) is 4.90 Å². The number of alkyl halides is 1. The van der Waals surface area contributed by atoms with Gasteiger partial charge < -0.3 is 10.5 Å². The first-order chi connectivity index (χ1) is 7.33. The van der Waals surface area contributed by atoms with E-state index in [0.29, 0.717) is 5.33 Å². The molecule has 0 aromatic rings. The van der Waals surface area contributed by atoms with Crippen LogP contribution in [0, 0.1) is 0 Å². The van der Waals surface area contributed by atoms with Gasteiger partial charge in [0, 0.05) is 11.5 Å². The molecule has 1 amide bonds. The number of hydrogen-bond donors (Lipinski definition) is 1. The van der Waals surface area contributed by atoms with Crippen molar-refractivity contribution in [1.29, 1.82) is 0 Å². The van der Waals surface area contributed by atoms with Crippen LogP contribution in [0.15, 0.2) is 23.9 Å². The molecule has 0 aromatic carbocycles. The molecule has 1 aliphatic heterocycles. The highest BCUT2D eigenvalue weighted by molar-refractivity contribution is 9.09. The van der Waals surface area contributed by atoms with E-state index in [9.17, 15) is 4.79 Å². The van der Waals surface area contributed by atoms with Crippen molar-refractivity contribution in [1.82, 2.24) is 4.90 Å². The maximum Gasteiger partial charge on any atom is 0.415 e. The number of allylic oxidation sites excluding steroid dienone is 2. The van der Waals surface area contributed by atoms with Gasteiger partial charge >= 0.3 is 6.09 Å². The second-order valence-corrected chi connectivity index (χ2v) is 5.14. The van der Waals surface area contributed by atoms with Crippen LogP contribution in [-0.2, 0) is 4.74 Å². The summed E-state index contributed by atoms with van der Waals surface area (Å²) in [5.41, 5.74) is 6.26. The quantitative estimate of drug-likeness (QED) is 0.754. The van der Waals surface area contributed by atoms with Gasteiger partial charge in [0.25, 0.3) is 0 Å². The first-order valence-electron chi connectivity index (χ1n) is 5.05. The zero-order chi connectivity index (χ0) is 12.3. The van der Waals surface area contributed by atoms with Crippen LogP contribution in [0.1, 0.15) is 20.8 Å². The van der Waals surface area contributed by atoms with Gasteiger partial charge in [-0.2, -0.15) is 0 Å². The summed E-state index contributed by atoms with van der Waals surface area (Å²) in [6.45, 7) is 5.47. The molecule has 1 atom stereocenters. The lowest BCUT2D eigenvalue weighted by molar-refractivity contribution is 0.0297. The summed E-state index contributed by atoms with van der Waals surface area (Å²) in [6, 6.07) is 0. The maximum atomic E-state index is 11.8. The number of rotatable bonds is 1. The molecule has 5 heteroatoms. The monoisotopic (exact) mass is 288 g/mol. The van der Waals surface area contributed by atoms with Crippen molar-refractivity contribution in [2.75, 3.05) is 5.33 Å². The second-order valence-electron chi connectivity index (χ2n) is 4.57. The van der Waals surface area contributed by atoms with E-state index >= 15 is 0 Å². The van der Waals surface area contributed by atoms with Crippen LogP contribution in [0.4, 0.5) is 4.79 Å². The average Bonchev–Trinajstić information content (AvgIpc) is 2.15. The van der Waals surface area contributed by atoms with Gasteiger partial charge in [-0.25, -0.2) is 4.79 Å². The number of carbonyl (C=O) groups is 1. The molecule has 1 heterocycles. The largest absolute Gasteiger partial charge is 0.443 e. The van der Waals surface area contributed by atoms with E-state index in [1.165, 1.54) is 4.90 Å². The Morgan fingerprint density at radius 2 is 2.25 bits per heavy atom. The minimum Gasteiger partial charge on any atom is -0.443 e. The molecule has 0 aliphatic carbocycles. The van der Waals surface area contributed by atoms with Crippen molar-refractivity contribution in [2.24, 2.45) is 5.73 Å². The molecule has 0 radical (unpaired) electrons. The lowest BCUT2D eigenvalue weighted by atomic mass is 10.2. The van der Waals surface area contributed by atoms with Crippen LogP contribution < -0.4 is 5.73 Å². The third-order valence-corrected chi connectivity index (χ3v) is 2.54. The number of halogens is 1. The highest BCUT2D eigenvalue weighted by Crippen LogP contribution is 2.17. The summed E-state index contributed by atoms with van der Waals surface area (Å²) in [4.78, 5) is 13.2. The number of carbonyl (C=O) groups excluding carboxylic acids is 1. The fourth-order valence-electron chi connectivity index (χ4n) is 1.19. The summed E-state index contributed by atoms with van der Waals surface area (Å²) in [5, 5.41) is 0.676. The Morgan fingerprint density at radius 3 is 2.75 bits per heavy atom. The molecule has 0 saturated heterocycles. The normalized spacial score (nSPS) is 20.7. The van der Waals surface area contributed by atoms with Gasteiger partial charge in [-0.1, -0.05) is 22.0 Å². The van der Waals surface area contributed by atoms with E-state index in [-0.39, 0.29) is 0 Å². The zero-order valence-electron chi connectivity index (χ0n) is 9.74.